The molecule has 2 nitrogen and oxygen atoms in total. The molecule has 0 saturated carbocycles. The second kappa shape index (κ2) is 13.2. The number of thiophene rings is 2. The molecule has 50 heavy (non-hydrogen) atoms. The predicted molar refractivity (Wildman–Crippen MR) is 217 cm³/mol. The molecule has 0 fully saturated rings. The molecule has 0 unspecified atom stereocenters. The summed E-state index contributed by atoms with van der Waals surface area (Å²) in [5.74, 6) is 0. The third kappa shape index (κ3) is 5.85. The third-order valence-electron chi connectivity index (χ3n) is 9.03. The first-order valence-corrected chi connectivity index (χ1v) is 18.4. The summed E-state index contributed by atoms with van der Waals surface area (Å²) in [5, 5.41) is 2.58. The standard InChI is InChI=1S/C46H32N2S2/c1-5-13-37(14-6-1)47(38-15-7-2-8-16-38)41-25-21-33(22-26-41)43-30-35-29-36-31-44(50-46(36)32-45(35)49-43)34-23-27-42(28-24-34)48(39-17-9-3-10-18-39)40-19-11-4-12-20-40/h1-32H. The molecular weight excluding hydrogens is 645 g/mol. The number of benzene rings is 7. The lowest BCUT2D eigenvalue weighted by molar-refractivity contribution is 1.28. The van der Waals surface area contributed by atoms with Crippen LogP contribution in [0.1, 0.15) is 0 Å². The zero-order chi connectivity index (χ0) is 33.3. The van der Waals surface area contributed by atoms with Crippen molar-refractivity contribution in [1.29, 1.82) is 0 Å². The fraction of sp³-hybridized carbons (Fsp3) is 0. The van der Waals surface area contributed by atoms with Gasteiger partial charge in [0.05, 0.1) is 0 Å². The van der Waals surface area contributed by atoms with Crippen LogP contribution in [0.5, 0.6) is 0 Å². The van der Waals surface area contributed by atoms with Crippen LogP contribution in [-0.2, 0) is 0 Å². The van der Waals surface area contributed by atoms with E-state index < -0.39 is 0 Å². The van der Waals surface area contributed by atoms with Crippen LogP contribution in [0.25, 0.3) is 41.1 Å². The Morgan fingerprint density at radius 2 is 0.580 bits per heavy atom. The fourth-order valence-corrected chi connectivity index (χ4v) is 8.87. The van der Waals surface area contributed by atoms with Crippen LogP contribution in [-0.4, -0.2) is 0 Å². The second-order valence-corrected chi connectivity index (χ2v) is 14.4. The van der Waals surface area contributed by atoms with Gasteiger partial charge >= 0.3 is 0 Å². The van der Waals surface area contributed by atoms with Gasteiger partial charge < -0.3 is 9.80 Å². The van der Waals surface area contributed by atoms with Gasteiger partial charge in [0.25, 0.3) is 0 Å². The summed E-state index contributed by atoms with van der Waals surface area (Å²) in [6.07, 6.45) is 0. The third-order valence-corrected chi connectivity index (χ3v) is 11.3. The zero-order valence-corrected chi connectivity index (χ0v) is 28.8. The van der Waals surface area contributed by atoms with Gasteiger partial charge in [0.15, 0.2) is 0 Å². The number of nitrogens with zero attached hydrogens (tertiary/aromatic N) is 2. The van der Waals surface area contributed by atoms with Crippen molar-refractivity contribution in [3.63, 3.8) is 0 Å². The van der Waals surface area contributed by atoms with Gasteiger partial charge in [-0.2, -0.15) is 0 Å². The molecule has 0 radical (unpaired) electrons. The minimum absolute atomic E-state index is 1.14. The average Bonchev–Trinajstić information content (AvgIpc) is 3.80. The molecule has 0 N–H and O–H groups in total. The number of hydrogen-bond acceptors (Lipinski definition) is 4. The number of rotatable bonds is 8. The summed E-state index contributed by atoms with van der Waals surface area (Å²) < 4.78 is 2.63. The minimum atomic E-state index is 1.14. The molecule has 0 bridgehead atoms. The van der Waals surface area contributed by atoms with Crippen LogP contribution in [0.3, 0.4) is 0 Å². The lowest BCUT2D eigenvalue weighted by atomic mass is 10.1. The highest BCUT2D eigenvalue weighted by Gasteiger charge is 2.15. The number of fused-ring (bicyclic) bond motifs is 2. The molecule has 0 aliphatic rings. The van der Waals surface area contributed by atoms with E-state index in [1.165, 1.54) is 41.1 Å². The highest BCUT2D eigenvalue weighted by molar-refractivity contribution is 7.24. The van der Waals surface area contributed by atoms with E-state index in [0.29, 0.717) is 0 Å². The van der Waals surface area contributed by atoms with E-state index in [-0.39, 0.29) is 0 Å². The van der Waals surface area contributed by atoms with Crippen LogP contribution in [0.4, 0.5) is 34.1 Å². The van der Waals surface area contributed by atoms with Crippen molar-refractivity contribution in [3.05, 3.63) is 194 Å². The van der Waals surface area contributed by atoms with Gasteiger partial charge in [-0.05, 0) is 119 Å². The van der Waals surface area contributed by atoms with Crippen LogP contribution >= 0.6 is 22.7 Å². The molecule has 2 aromatic heterocycles. The largest absolute Gasteiger partial charge is 0.311 e. The molecule has 9 aromatic rings. The van der Waals surface area contributed by atoms with Crippen LogP contribution < -0.4 is 9.80 Å². The van der Waals surface area contributed by atoms with Crippen molar-refractivity contribution in [3.8, 4) is 20.9 Å². The summed E-state index contributed by atoms with van der Waals surface area (Å²) in [5.41, 5.74) is 9.33. The summed E-state index contributed by atoms with van der Waals surface area (Å²) >= 11 is 3.73. The number of hydrogen-bond donors (Lipinski definition) is 0. The van der Waals surface area contributed by atoms with Gasteiger partial charge in [-0.3, -0.25) is 0 Å². The monoisotopic (exact) mass is 676 g/mol. The molecule has 2 heterocycles. The fourth-order valence-electron chi connectivity index (χ4n) is 6.61. The Bertz CT molecular complexity index is 2200. The van der Waals surface area contributed by atoms with Crippen LogP contribution in [0.2, 0.25) is 0 Å². The average molecular weight is 677 g/mol. The van der Waals surface area contributed by atoms with E-state index in [1.807, 2.05) is 22.7 Å². The Morgan fingerprint density at radius 1 is 0.280 bits per heavy atom. The number of anilines is 6. The van der Waals surface area contributed by atoms with Crippen molar-refractivity contribution >= 4 is 77.0 Å². The summed E-state index contributed by atoms with van der Waals surface area (Å²) in [6.45, 7) is 0. The molecule has 0 atom stereocenters. The first-order valence-electron chi connectivity index (χ1n) is 16.8. The molecule has 0 amide bonds. The quantitative estimate of drug-likeness (QED) is 0.158. The lowest BCUT2D eigenvalue weighted by Gasteiger charge is -2.25. The Balaban J connectivity index is 0.991. The number of para-hydroxylation sites is 4. The molecule has 4 heteroatoms. The van der Waals surface area contributed by atoms with Crippen molar-refractivity contribution in [2.45, 2.75) is 0 Å². The maximum Gasteiger partial charge on any atom is 0.0462 e. The Morgan fingerprint density at radius 3 is 0.900 bits per heavy atom. The molecule has 0 aliphatic carbocycles. The maximum absolute atomic E-state index is 2.37. The van der Waals surface area contributed by atoms with Gasteiger partial charge in [-0.15, -0.1) is 22.7 Å². The SMILES string of the molecule is c1ccc(N(c2ccccc2)c2ccc(-c3cc4cc5cc(-c6ccc(N(c7ccccc7)c7ccccc7)cc6)sc5cc4s3)cc2)cc1. The summed E-state index contributed by atoms with van der Waals surface area (Å²) in [4.78, 5) is 7.17. The molecule has 0 spiro atoms. The molecular formula is C46H32N2S2. The topological polar surface area (TPSA) is 6.48 Å². The van der Waals surface area contributed by atoms with Crippen molar-refractivity contribution in [2.75, 3.05) is 9.80 Å². The van der Waals surface area contributed by atoms with E-state index in [0.717, 1.165) is 34.1 Å². The Labute approximate surface area is 300 Å². The summed E-state index contributed by atoms with van der Waals surface area (Å²) in [7, 11) is 0. The highest BCUT2D eigenvalue weighted by atomic mass is 32.1. The highest BCUT2D eigenvalue weighted by Crippen LogP contribution is 2.42. The van der Waals surface area contributed by atoms with Gasteiger partial charge in [0, 0.05) is 53.3 Å². The summed E-state index contributed by atoms with van der Waals surface area (Å²) in [6, 6.07) is 69.6. The first-order chi connectivity index (χ1) is 24.8. The molecule has 238 valence electrons. The van der Waals surface area contributed by atoms with E-state index in [9.17, 15) is 0 Å². The minimum Gasteiger partial charge on any atom is -0.311 e. The van der Waals surface area contributed by atoms with Crippen LogP contribution in [0.15, 0.2) is 194 Å². The predicted octanol–water partition coefficient (Wildman–Crippen LogP) is 14.4. The first kappa shape index (κ1) is 30.1. The van der Waals surface area contributed by atoms with Gasteiger partial charge in [-0.25, -0.2) is 0 Å². The van der Waals surface area contributed by atoms with Gasteiger partial charge in [0.1, 0.15) is 0 Å². The smallest absolute Gasteiger partial charge is 0.0462 e. The van der Waals surface area contributed by atoms with Crippen molar-refractivity contribution in [1.82, 2.24) is 0 Å². The van der Waals surface area contributed by atoms with Crippen LogP contribution in [0, 0.1) is 0 Å². The molecule has 7 aromatic carbocycles. The van der Waals surface area contributed by atoms with E-state index >= 15 is 0 Å². The van der Waals surface area contributed by atoms with E-state index in [4.69, 9.17) is 0 Å². The van der Waals surface area contributed by atoms with Gasteiger partial charge in [-0.1, -0.05) is 97.1 Å². The Hall–Kier alpha value is -5.94. The van der Waals surface area contributed by atoms with Gasteiger partial charge in [0.2, 0.25) is 0 Å². The van der Waals surface area contributed by atoms with E-state index in [2.05, 4.69) is 204 Å². The maximum atomic E-state index is 2.37. The normalized spacial score (nSPS) is 11.2. The lowest BCUT2D eigenvalue weighted by Crippen LogP contribution is -2.09. The van der Waals surface area contributed by atoms with E-state index in [1.54, 1.807) is 0 Å². The van der Waals surface area contributed by atoms with Crippen molar-refractivity contribution < 1.29 is 0 Å². The molecule has 0 aliphatic heterocycles. The Kier molecular flexibility index (Phi) is 7.94. The molecule has 0 saturated heterocycles. The molecule has 9 rings (SSSR count). The van der Waals surface area contributed by atoms with Crippen molar-refractivity contribution in [2.24, 2.45) is 0 Å². The zero-order valence-electron chi connectivity index (χ0n) is 27.2. The second-order valence-electron chi connectivity index (χ2n) is 12.3.